The second-order valence-electron chi connectivity index (χ2n) is 2.54. The van der Waals surface area contributed by atoms with Crippen molar-refractivity contribution in [1.82, 2.24) is 9.78 Å². The molecule has 6 nitrogen and oxygen atoms in total. The van der Waals surface area contributed by atoms with E-state index in [-0.39, 0.29) is 12.2 Å². The molecule has 1 aromatic heterocycles. The van der Waals surface area contributed by atoms with E-state index in [1.54, 1.807) is 0 Å². The predicted octanol–water partition coefficient (Wildman–Crippen LogP) is -1.07. The minimum atomic E-state index is -1.11. The predicted molar refractivity (Wildman–Crippen MR) is 42.3 cm³/mol. The maximum Gasteiger partial charge on any atom is 0.354 e. The zero-order valence-electron chi connectivity index (χ0n) is 6.79. The van der Waals surface area contributed by atoms with Gasteiger partial charge in [0.15, 0.2) is 0 Å². The number of carboxylic acid groups (broad SMARTS) is 1. The summed E-state index contributed by atoms with van der Waals surface area (Å²) in [7, 11) is 0. The Kier molecular flexibility index (Phi) is 2.99. The third-order valence-corrected chi connectivity index (χ3v) is 1.53. The highest BCUT2D eigenvalue weighted by atomic mass is 16.4. The highest BCUT2D eigenvalue weighted by Gasteiger charge is 2.12. The van der Waals surface area contributed by atoms with E-state index in [1.807, 2.05) is 0 Å². The van der Waals surface area contributed by atoms with E-state index in [4.69, 9.17) is 15.3 Å². The molecular formula is C7H10N2O4. The molecule has 0 saturated heterocycles. The van der Waals surface area contributed by atoms with Crippen molar-refractivity contribution < 1.29 is 20.1 Å². The van der Waals surface area contributed by atoms with E-state index in [9.17, 15) is 4.79 Å². The van der Waals surface area contributed by atoms with Gasteiger partial charge >= 0.3 is 5.97 Å². The van der Waals surface area contributed by atoms with Crippen LogP contribution in [-0.2, 0) is 6.54 Å². The third-order valence-electron chi connectivity index (χ3n) is 1.53. The molecule has 0 radical (unpaired) electrons. The molecule has 0 bridgehead atoms. The zero-order valence-corrected chi connectivity index (χ0v) is 6.79. The van der Waals surface area contributed by atoms with E-state index < -0.39 is 18.7 Å². The number of aliphatic hydroxyl groups is 2. The second-order valence-corrected chi connectivity index (χ2v) is 2.54. The lowest BCUT2D eigenvalue weighted by atomic mass is 10.3. The van der Waals surface area contributed by atoms with Crippen molar-refractivity contribution in [2.75, 3.05) is 6.61 Å². The Bertz CT molecular complexity index is 296. The van der Waals surface area contributed by atoms with E-state index in [1.165, 1.54) is 12.3 Å². The molecule has 1 atom stereocenters. The van der Waals surface area contributed by atoms with Crippen molar-refractivity contribution >= 4 is 5.97 Å². The summed E-state index contributed by atoms with van der Waals surface area (Å²) in [6, 6.07) is 1.33. The first-order valence-corrected chi connectivity index (χ1v) is 3.69. The van der Waals surface area contributed by atoms with Crippen LogP contribution >= 0.6 is 0 Å². The van der Waals surface area contributed by atoms with Crippen molar-refractivity contribution in [1.29, 1.82) is 0 Å². The fourth-order valence-corrected chi connectivity index (χ4v) is 0.917. The molecule has 0 aliphatic heterocycles. The summed E-state index contributed by atoms with van der Waals surface area (Å²) >= 11 is 0. The standard InChI is InChI=1S/C7H10N2O4/c10-4-5(11)3-9-6(7(12)13)1-2-8-9/h1-2,5,10-11H,3-4H2,(H,12,13). The molecule has 1 heterocycles. The summed E-state index contributed by atoms with van der Waals surface area (Å²) in [5.74, 6) is -1.11. The largest absolute Gasteiger partial charge is 0.477 e. The van der Waals surface area contributed by atoms with Gasteiger partial charge in [-0.2, -0.15) is 5.10 Å². The number of hydrogen-bond acceptors (Lipinski definition) is 4. The van der Waals surface area contributed by atoms with Crippen LogP contribution < -0.4 is 0 Å². The molecule has 6 heteroatoms. The van der Waals surface area contributed by atoms with Crippen LogP contribution in [0.2, 0.25) is 0 Å². The van der Waals surface area contributed by atoms with Gasteiger partial charge in [0, 0.05) is 6.20 Å². The maximum absolute atomic E-state index is 10.5. The fourth-order valence-electron chi connectivity index (χ4n) is 0.917. The molecule has 1 unspecified atom stereocenters. The smallest absolute Gasteiger partial charge is 0.354 e. The van der Waals surface area contributed by atoms with E-state index in [0.29, 0.717) is 0 Å². The quantitative estimate of drug-likeness (QED) is 0.556. The Morgan fingerprint density at radius 2 is 2.38 bits per heavy atom. The Labute approximate surface area is 74.0 Å². The second kappa shape index (κ2) is 4.01. The van der Waals surface area contributed by atoms with Gasteiger partial charge in [-0.1, -0.05) is 0 Å². The average molecular weight is 186 g/mol. The van der Waals surface area contributed by atoms with Crippen LogP contribution in [0.3, 0.4) is 0 Å². The summed E-state index contributed by atoms with van der Waals surface area (Å²) in [5.41, 5.74) is -0.00694. The number of rotatable bonds is 4. The molecule has 0 aliphatic carbocycles. The van der Waals surface area contributed by atoms with Crippen LogP contribution in [0.25, 0.3) is 0 Å². The molecule has 0 amide bonds. The van der Waals surface area contributed by atoms with Gasteiger partial charge in [0.2, 0.25) is 0 Å². The van der Waals surface area contributed by atoms with E-state index in [0.717, 1.165) is 4.68 Å². The monoisotopic (exact) mass is 186 g/mol. The summed E-state index contributed by atoms with van der Waals surface area (Å²) in [5, 5.41) is 29.9. The number of aromatic carboxylic acids is 1. The van der Waals surface area contributed by atoms with Crippen molar-refractivity contribution in [3.05, 3.63) is 18.0 Å². The van der Waals surface area contributed by atoms with Crippen molar-refractivity contribution in [2.45, 2.75) is 12.6 Å². The molecule has 0 fully saturated rings. The topological polar surface area (TPSA) is 95.6 Å². The number of carboxylic acids is 1. The Morgan fingerprint density at radius 1 is 1.69 bits per heavy atom. The first-order valence-electron chi connectivity index (χ1n) is 3.69. The summed E-state index contributed by atoms with van der Waals surface area (Å²) < 4.78 is 1.13. The number of aromatic nitrogens is 2. The van der Waals surface area contributed by atoms with Gasteiger partial charge in [0.05, 0.1) is 19.3 Å². The molecule has 1 rings (SSSR count). The Morgan fingerprint density at radius 3 is 2.92 bits per heavy atom. The number of nitrogens with zero attached hydrogens (tertiary/aromatic N) is 2. The lowest BCUT2D eigenvalue weighted by molar-refractivity contribution is 0.0642. The first kappa shape index (κ1) is 9.69. The van der Waals surface area contributed by atoms with Gasteiger partial charge in [-0.25, -0.2) is 4.79 Å². The maximum atomic E-state index is 10.5. The summed E-state index contributed by atoms with van der Waals surface area (Å²) in [6.07, 6.45) is 0.339. The molecule has 0 spiro atoms. The van der Waals surface area contributed by atoms with Gasteiger partial charge in [-0.15, -0.1) is 0 Å². The minimum absolute atomic E-state index is 0.00694. The van der Waals surface area contributed by atoms with Gasteiger partial charge in [0.25, 0.3) is 0 Å². The van der Waals surface area contributed by atoms with Crippen LogP contribution in [0.1, 0.15) is 10.5 Å². The molecule has 0 aliphatic rings. The van der Waals surface area contributed by atoms with E-state index in [2.05, 4.69) is 5.10 Å². The fraction of sp³-hybridized carbons (Fsp3) is 0.429. The SMILES string of the molecule is O=C(O)c1ccnn1CC(O)CO. The lowest BCUT2D eigenvalue weighted by Gasteiger charge is -2.08. The summed E-state index contributed by atoms with van der Waals surface area (Å²) in [4.78, 5) is 10.5. The van der Waals surface area contributed by atoms with Gasteiger partial charge in [-0.3, -0.25) is 4.68 Å². The third kappa shape index (κ3) is 2.27. The van der Waals surface area contributed by atoms with Gasteiger partial charge in [-0.05, 0) is 6.07 Å². The van der Waals surface area contributed by atoms with Crippen molar-refractivity contribution in [2.24, 2.45) is 0 Å². The highest BCUT2D eigenvalue weighted by Crippen LogP contribution is 2.00. The number of aliphatic hydroxyl groups excluding tert-OH is 2. The Balaban J connectivity index is 2.76. The average Bonchev–Trinajstić information content (AvgIpc) is 2.52. The van der Waals surface area contributed by atoms with Crippen LogP contribution in [0.4, 0.5) is 0 Å². The molecule has 0 aromatic carbocycles. The highest BCUT2D eigenvalue weighted by molar-refractivity contribution is 5.85. The van der Waals surface area contributed by atoms with Crippen molar-refractivity contribution in [3.8, 4) is 0 Å². The minimum Gasteiger partial charge on any atom is -0.477 e. The van der Waals surface area contributed by atoms with Gasteiger partial charge < -0.3 is 15.3 Å². The van der Waals surface area contributed by atoms with E-state index >= 15 is 0 Å². The van der Waals surface area contributed by atoms with Gasteiger partial charge in [0.1, 0.15) is 5.69 Å². The molecule has 72 valence electrons. The number of hydrogen-bond donors (Lipinski definition) is 3. The van der Waals surface area contributed by atoms with Crippen LogP contribution in [0.5, 0.6) is 0 Å². The molecule has 3 N–H and O–H groups in total. The normalized spacial score (nSPS) is 12.8. The summed E-state index contributed by atoms with van der Waals surface area (Å²) in [6.45, 7) is -0.440. The first-order chi connectivity index (χ1) is 6.15. The molecule has 13 heavy (non-hydrogen) atoms. The zero-order chi connectivity index (χ0) is 9.84. The molecular weight excluding hydrogens is 176 g/mol. The molecule has 0 saturated carbocycles. The molecule has 1 aromatic rings. The van der Waals surface area contributed by atoms with Crippen molar-refractivity contribution in [3.63, 3.8) is 0 Å². The number of carbonyl (C=O) groups is 1. The van der Waals surface area contributed by atoms with Crippen LogP contribution in [0.15, 0.2) is 12.3 Å². The lowest BCUT2D eigenvalue weighted by Crippen LogP contribution is -2.23. The van der Waals surface area contributed by atoms with Crippen LogP contribution in [0, 0.1) is 0 Å². The Hall–Kier alpha value is -1.40. The van der Waals surface area contributed by atoms with Crippen LogP contribution in [-0.4, -0.2) is 43.8 Å².